The van der Waals surface area contributed by atoms with Gasteiger partial charge in [-0.05, 0) is 49.2 Å². The van der Waals surface area contributed by atoms with E-state index in [1.54, 1.807) is 13.2 Å². The zero-order valence-corrected chi connectivity index (χ0v) is 15.9. The normalized spacial score (nSPS) is 11.9. The van der Waals surface area contributed by atoms with E-state index in [1.807, 2.05) is 51.1 Å². The number of carbonyl (C=O) groups excluding carboxylic acids is 1. The number of hydrogen-bond donors (Lipinski definition) is 2. The van der Waals surface area contributed by atoms with Crippen LogP contribution in [0.4, 0.5) is 10.5 Å². The highest BCUT2D eigenvalue weighted by Gasteiger charge is 2.13. The second kappa shape index (κ2) is 7.94. The maximum atomic E-state index is 12.4. The molecule has 0 fully saturated rings. The van der Waals surface area contributed by atoms with Crippen LogP contribution in [0.1, 0.15) is 23.7 Å². The number of hydrogen-bond acceptors (Lipinski definition) is 5. The first-order valence-electron chi connectivity index (χ1n) is 8.75. The Morgan fingerprint density at radius 1 is 1.22 bits per heavy atom. The van der Waals surface area contributed by atoms with Gasteiger partial charge in [0.1, 0.15) is 0 Å². The molecule has 0 aliphatic rings. The van der Waals surface area contributed by atoms with Gasteiger partial charge in [0.25, 0.3) is 0 Å². The minimum absolute atomic E-state index is 0.0521. The predicted octanol–water partition coefficient (Wildman–Crippen LogP) is 2.64. The number of benzene rings is 1. The Morgan fingerprint density at radius 2 is 2.04 bits per heavy atom. The van der Waals surface area contributed by atoms with Gasteiger partial charge in [-0.25, -0.2) is 4.79 Å². The summed E-state index contributed by atoms with van der Waals surface area (Å²) in [6.07, 6.45) is 2.44. The van der Waals surface area contributed by atoms with Crippen molar-refractivity contribution in [3.05, 3.63) is 53.3 Å². The molecular weight excluding hydrogens is 342 g/mol. The molecule has 2 aromatic heterocycles. The predicted molar refractivity (Wildman–Crippen MR) is 103 cm³/mol. The molecule has 0 aliphatic heterocycles. The molecule has 0 spiro atoms. The molecule has 0 bridgehead atoms. The van der Waals surface area contributed by atoms with E-state index >= 15 is 0 Å². The van der Waals surface area contributed by atoms with Crippen molar-refractivity contribution >= 4 is 11.7 Å². The molecule has 27 heavy (non-hydrogen) atoms. The van der Waals surface area contributed by atoms with Crippen LogP contribution < -0.4 is 10.6 Å². The fourth-order valence-corrected chi connectivity index (χ4v) is 2.75. The van der Waals surface area contributed by atoms with Crippen LogP contribution in [0.2, 0.25) is 0 Å². The Labute approximate surface area is 158 Å². The van der Waals surface area contributed by atoms with E-state index in [9.17, 15) is 4.79 Å². The summed E-state index contributed by atoms with van der Waals surface area (Å²) in [7, 11) is 1.71. The number of carbonyl (C=O) groups is 1. The van der Waals surface area contributed by atoms with Crippen LogP contribution in [0.25, 0.3) is 11.4 Å². The molecule has 0 radical (unpaired) electrons. The van der Waals surface area contributed by atoms with Crippen molar-refractivity contribution in [1.29, 1.82) is 0 Å². The summed E-state index contributed by atoms with van der Waals surface area (Å²) in [4.78, 5) is 18.2. The highest BCUT2D eigenvalue weighted by atomic mass is 16.2. The van der Waals surface area contributed by atoms with Gasteiger partial charge in [0.15, 0.2) is 0 Å². The fourth-order valence-electron chi connectivity index (χ4n) is 2.75. The summed E-state index contributed by atoms with van der Waals surface area (Å²) in [5.74, 6) is 0.514. The summed E-state index contributed by atoms with van der Waals surface area (Å²) < 4.78 is 0. The van der Waals surface area contributed by atoms with Crippen LogP contribution in [0, 0.1) is 13.8 Å². The maximum Gasteiger partial charge on any atom is 0.319 e. The second-order valence-electron chi connectivity index (χ2n) is 6.60. The first-order valence-corrected chi connectivity index (χ1v) is 8.75. The van der Waals surface area contributed by atoms with E-state index in [-0.39, 0.29) is 12.1 Å². The van der Waals surface area contributed by atoms with Crippen molar-refractivity contribution in [3.63, 3.8) is 0 Å². The zero-order chi connectivity index (χ0) is 19.4. The summed E-state index contributed by atoms with van der Waals surface area (Å²) in [6.45, 7) is 5.91. The van der Waals surface area contributed by atoms with Gasteiger partial charge in [0.2, 0.25) is 5.82 Å². The second-order valence-corrected chi connectivity index (χ2v) is 6.60. The van der Waals surface area contributed by atoms with Gasteiger partial charge >= 0.3 is 6.03 Å². The average molecular weight is 365 g/mol. The first kappa shape index (κ1) is 18.5. The summed E-state index contributed by atoms with van der Waals surface area (Å²) in [5.41, 5.74) is 4.55. The molecule has 2 amide bonds. The Kier molecular flexibility index (Phi) is 5.44. The molecule has 1 aromatic carbocycles. The molecule has 3 rings (SSSR count). The number of nitrogens with zero attached hydrogens (tertiary/aromatic N) is 5. The first-order chi connectivity index (χ1) is 12.9. The van der Waals surface area contributed by atoms with E-state index in [2.05, 4.69) is 31.0 Å². The van der Waals surface area contributed by atoms with E-state index in [1.165, 1.54) is 4.80 Å². The SMILES string of the molecule is Cc1ccc(-c2nnn(C)n2)cc1NC(=O)NC(C)Cc1ncccc1C. The molecule has 3 aromatic rings. The van der Waals surface area contributed by atoms with Crippen LogP contribution >= 0.6 is 0 Å². The molecule has 1 unspecified atom stereocenters. The smallest absolute Gasteiger partial charge is 0.319 e. The van der Waals surface area contributed by atoms with Gasteiger partial charge in [-0.1, -0.05) is 18.2 Å². The number of urea groups is 1. The summed E-state index contributed by atoms with van der Waals surface area (Å²) >= 11 is 0. The highest BCUT2D eigenvalue weighted by molar-refractivity contribution is 5.91. The topological polar surface area (TPSA) is 97.6 Å². The number of tetrazole rings is 1. The van der Waals surface area contributed by atoms with E-state index in [0.717, 1.165) is 22.4 Å². The third-order valence-corrected chi connectivity index (χ3v) is 4.25. The Bertz CT molecular complexity index is 951. The standard InChI is InChI=1S/C19H23N7O/c1-12-6-5-9-20-16(12)10-14(3)21-19(27)22-17-11-15(8-7-13(17)2)18-23-25-26(4)24-18/h5-9,11,14H,10H2,1-4H3,(H2,21,22,27). The van der Waals surface area contributed by atoms with Crippen LogP contribution in [-0.4, -0.2) is 37.3 Å². The van der Waals surface area contributed by atoms with Gasteiger partial charge in [-0.2, -0.15) is 4.80 Å². The third-order valence-electron chi connectivity index (χ3n) is 4.25. The number of anilines is 1. The molecule has 1 atom stereocenters. The van der Waals surface area contributed by atoms with Crippen molar-refractivity contribution in [2.75, 3.05) is 5.32 Å². The van der Waals surface area contributed by atoms with Crippen molar-refractivity contribution in [2.45, 2.75) is 33.2 Å². The van der Waals surface area contributed by atoms with Gasteiger partial charge in [0.05, 0.1) is 7.05 Å². The van der Waals surface area contributed by atoms with Crippen LogP contribution in [0.5, 0.6) is 0 Å². The number of aromatic nitrogens is 5. The van der Waals surface area contributed by atoms with E-state index in [4.69, 9.17) is 0 Å². The van der Waals surface area contributed by atoms with Gasteiger partial charge in [0, 0.05) is 35.6 Å². The minimum Gasteiger partial charge on any atom is -0.335 e. The van der Waals surface area contributed by atoms with Crippen LogP contribution in [0.3, 0.4) is 0 Å². The quantitative estimate of drug-likeness (QED) is 0.724. The molecule has 2 heterocycles. The summed E-state index contributed by atoms with van der Waals surface area (Å²) in [5, 5.41) is 17.9. The largest absolute Gasteiger partial charge is 0.335 e. The molecule has 2 N–H and O–H groups in total. The number of rotatable bonds is 5. The van der Waals surface area contributed by atoms with Gasteiger partial charge < -0.3 is 10.6 Å². The highest BCUT2D eigenvalue weighted by Crippen LogP contribution is 2.22. The van der Waals surface area contributed by atoms with Crippen molar-refractivity contribution in [1.82, 2.24) is 30.5 Å². The lowest BCUT2D eigenvalue weighted by Gasteiger charge is -2.16. The van der Waals surface area contributed by atoms with Crippen molar-refractivity contribution in [3.8, 4) is 11.4 Å². The Morgan fingerprint density at radius 3 is 2.74 bits per heavy atom. The number of pyridine rings is 1. The lowest BCUT2D eigenvalue weighted by atomic mass is 10.1. The fraction of sp³-hybridized carbons (Fsp3) is 0.316. The lowest BCUT2D eigenvalue weighted by molar-refractivity contribution is 0.249. The molecule has 0 saturated carbocycles. The molecular formula is C19H23N7O. The number of aryl methyl sites for hydroxylation is 3. The Hall–Kier alpha value is -3.29. The van der Waals surface area contributed by atoms with Gasteiger partial charge in [-0.15, -0.1) is 10.2 Å². The maximum absolute atomic E-state index is 12.4. The molecule has 8 heteroatoms. The van der Waals surface area contributed by atoms with Crippen molar-refractivity contribution < 1.29 is 4.79 Å². The number of nitrogens with one attached hydrogen (secondary N) is 2. The van der Waals surface area contributed by atoms with Crippen LogP contribution in [0.15, 0.2) is 36.5 Å². The molecule has 0 saturated heterocycles. The average Bonchev–Trinajstić information content (AvgIpc) is 3.05. The van der Waals surface area contributed by atoms with Crippen molar-refractivity contribution in [2.24, 2.45) is 7.05 Å². The lowest BCUT2D eigenvalue weighted by Crippen LogP contribution is -2.37. The van der Waals surface area contributed by atoms with Crippen LogP contribution in [-0.2, 0) is 13.5 Å². The van der Waals surface area contributed by atoms with Gasteiger partial charge in [-0.3, -0.25) is 4.98 Å². The molecule has 140 valence electrons. The summed E-state index contributed by atoms with van der Waals surface area (Å²) in [6, 6.07) is 9.28. The third kappa shape index (κ3) is 4.66. The molecule has 0 aliphatic carbocycles. The zero-order valence-electron chi connectivity index (χ0n) is 15.9. The monoisotopic (exact) mass is 365 g/mol. The molecule has 8 nitrogen and oxygen atoms in total. The van der Waals surface area contributed by atoms with E-state index < -0.39 is 0 Å². The minimum atomic E-state index is -0.261. The Balaban J connectivity index is 1.66. The number of amides is 2. The van der Waals surface area contributed by atoms with E-state index in [0.29, 0.717) is 17.9 Å².